The lowest BCUT2D eigenvalue weighted by molar-refractivity contribution is 0.0543. The summed E-state index contributed by atoms with van der Waals surface area (Å²) in [7, 11) is -3.59. The van der Waals surface area contributed by atoms with E-state index in [2.05, 4.69) is 20.4 Å². The number of nitrogens with zero attached hydrogens (tertiary/aromatic N) is 6. The molecule has 0 bridgehead atoms. The Labute approximate surface area is 180 Å². The average molecular weight is 445 g/mol. The summed E-state index contributed by atoms with van der Waals surface area (Å²) in [6, 6.07) is 9.85. The maximum Gasteiger partial charge on any atom is 0.289 e. The van der Waals surface area contributed by atoms with E-state index in [-0.39, 0.29) is 22.7 Å². The van der Waals surface area contributed by atoms with E-state index in [1.54, 1.807) is 41.3 Å². The molecule has 1 aromatic carbocycles. The van der Waals surface area contributed by atoms with Crippen LogP contribution in [0.2, 0.25) is 0 Å². The molecule has 164 valence electrons. The van der Waals surface area contributed by atoms with Crippen LogP contribution in [0.3, 0.4) is 0 Å². The molecule has 1 aliphatic heterocycles. The number of hydrogen-bond donors (Lipinski definition) is 0. The van der Waals surface area contributed by atoms with E-state index in [0.29, 0.717) is 37.8 Å². The molecule has 0 N–H and O–H groups in total. The molecule has 3 aromatic rings. The quantitative estimate of drug-likeness (QED) is 0.562. The van der Waals surface area contributed by atoms with E-state index < -0.39 is 9.84 Å². The third-order valence-corrected chi connectivity index (χ3v) is 7.06. The summed E-state index contributed by atoms with van der Waals surface area (Å²) in [6.07, 6.45) is 1.48. The van der Waals surface area contributed by atoms with Gasteiger partial charge in [-0.2, -0.15) is 0 Å². The molecule has 1 aliphatic rings. The fraction of sp³-hybridized carbons (Fsp3) is 0.400. The number of carbonyl (C=O) groups is 1. The number of aromatic nitrogens is 4. The van der Waals surface area contributed by atoms with Gasteiger partial charge in [0.2, 0.25) is 0 Å². The molecule has 0 radical (unpaired) electrons. The fourth-order valence-corrected chi connectivity index (χ4v) is 4.82. The highest BCUT2D eigenvalue weighted by atomic mass is 32.2. The van der Waals surface area contributed by atoms with Crippen molar-refractivity contribution < 1.29 is 17.6 Å². The van der Waals surface area contributed by atoms with Crippen LogP contribution in [0.4, 0.5) is 0 Å². The van der Waals surface area contributed by atoms with Gasteiger partial charge in [-0.25, -0.2) is 13.1 Å². The summed E-state index contributed by atoms with van der Waals surface area (Å²) in [5.41, 5.74) is 0.986. The molecule has 3 heterocycles. The Balaban J connectivity index is 1.43. The number of aryl methyl sites for hydroxylation is 1. The molecule has 1 atom stereocenters. The van der Waals surface area contributed by atoms with Crippen molar-refractivity contribution in [2.24, 2.45) is 0 Å². The molecule has 0 unspecified atom stereocenters. The van der Waals surface area contributed by atoms with Crippen molar-refractivity contribution >= 4 is 15.7 Å². The summed E-state index contributed by atoms with van der Waals surface area (Å²) >= 11 is 0. The van der Waals surface area contributed by atoms with Gasteiger partial charge in [0.05, 0.1) is 17.2 Å². The lowest BCUT2D eigenvalue weighted by Gasteiger charge is -2.37. The van der Waals surface area contributed by atoms with Gasteiger partial charge >= 0.3 is 0 Å². The third kappa shape index (κ3) is 4.52. The average Bonchev–Trinajstić information content (AvgIpc) is 3.45. The Morgan fingerprint density at radius 2 is 1.84 bits per heavy atom. The highest BCUT2D eigenvalue weighted by molar-refractivity contribution is 7.90. The van der Waals surface area contributed by atoms with Gasteiger partial charge in [0.15, 0.2) is 27.3 Å². The van der Waals surface area contributed by atoms with Gasteiger partial charge in [-0.3, -0.25) is 9.69 Å². The predicted molar refractivity (Wildman–Crippen MR) is 111 cm³/mol. The molecule has 1 fully saturated rings. The molecule has 31 heavy (non-hydrogen) atoms. The van der Waals surface area contributed by atoms with Crippen LogP contribution in [0, 0.1) is 6.92 Å². The second-order valence-corrected chi connectivity index (χ2v) is 9.53. The van der Waals surface area contributed by atoms with Crippen LogP contribution < -0.4 is 0 Å². The number of hydrogen-bond acceptors (Lipinski definition) is 8. The topological polar surface area (TPSA) is 114 Å². The Bertz CT molecular complexity index is 1130. The lowest BCUT2D eigenvalue weighted by atomic mass is 10.2. The summed E-state index contributed by atoms with van der Waals surface area (Å²) < 4.78 is 32.1. The zero-order valence-corrected chi connectivity index (χ0v) is 18.2. The van der Waals surface area contributed by atoms with E-state index in [9.17, 15) is 13.2 Å². The number of sulfone groups is 1. The molecular weight excluding hydrogens is 420 g/mol. The normalized spacial score (nSPS) is 16.4. The molecule has 0 aliphatic carbocycles. The molecule has 0 saturated carbocycles. The van der Waals surface area contributed by atoms with Gasteiger partial charge in [-0.15, -0.1) is 5.10 Å². The maximum atomic E-state index is 12.8. The largest absolute Gasteiger partial charge is 0.459 e. The second kappa shape index (κ2) is 8.60. The zero-order valence-electron chi connectivity index (χ0n) is 17.4. The minimum absolute atomic E-state index is 0.133. The van der Waals surface area contributed by atoms with Gasteiger partial charge in [0, 0.05) is 26.2 Å². The van der Waals surface area contributed by atoms with Crippen molar-refractivity contribution in [2.75, 3.05) is 26.2 Å². The van der Waals surface area contributed by atoms with Gasteiger partial charge in [0.25, 0.3) is 5.91 Å². The molecule has 2 aromatic heterocycles. The van der Waals surface area contributed by atoms with Gasteiger partial charge in [0.1, 0.15) is 0 Å². The molecule has 1 saturated heterocycles. The molecular formula is C20H24N6O4S. The van der Waals surface area contributed by atoms with Crippen molar-refractivity contribution in [3.05, 3.63) is 59.8 Å². The first-order chi connectivity index (χ1) is 14.8. The Hall–Kier alpha value is -3.05. The van der Waals surface area contributed by atoms with E-state index in [4.69, 9.17) is 4.42 Å². The van der Waals surface area contributed by atoms with Gasteiger partial charge in [-0.05, 0) is 48.5 Å². The van der Waals surface area contributed by atoms with E-state index in [1.807, 2.05) is 13.8 Å². The fourth-order valence-electron chi connectivity index (χ4n) is 3.62. The van der Waals surface area contributed by atoms with Crippen molar-refractivity contribution in [3.63, 3.8) is 0 Å². The highest BCUT2D eigenvalue weighted by Crippen LogP contribution is 2.22. The molecule has 10 nitrogen and oxygen atoms in total. The van der Waals surface area contributed by atoms with E-state index in [0.717, 1.165) is 5.56 Å². The summed E-state index contributed by atoms with van der Waals surface area (Å²) in [5, 5.41) is 11.7. The van der Waals surface area contributed by atoms with Gasteiger partial charge < -0.3 is 9.32 Å². The maximum absolute atomic E-state index is 12.8. The van der Waals surface area contributed by atoms with Crippen LogP contribution in [-0.2, 0) is 15.7 Å². The highest BCUT2D eigenvalue weighted by Gasteiger charge is 2.30. The summed E-state index contributed by atoms with van der Waals surface area (Å²) in [4.78, 5) is 16.6. The van der Waals surface area contributed by atoms with Crippen molar-refractivity contribution in [2.45, 2.75) is 30.7 Å². The van der Waals surface area contributed by atoms with Crippen molar-refractivity contribution in [3.8, 4) is 0 Å². The Morgan fingerprint density at radius 1 is 1.13 bits per heavy atom. The third-order valence-electron chi connectivity index (χ3n) is 5.49. The number of piperazine rings is 1. The first-order valence-corrected chi connectivity index (χ1v) is 11.6. The lowest BCUT2D eigenvalue weighted by Crippen LogP contribution is -2.49. The second-order valence-electron chi connectivity index (χ2n) is 7.57. The molecule has 1 amide bonds. The Morgan fingerprint density at radius 3 is 2.48 bits per heavy atom. The smallest absolute Gasteiger partial charge is 0.289 e. The van der Waals surface area contributed by atoms with Crippen LogP contribution in [0.25, 0.3) is 0 Å². The number of amides is 1. The van der Waals surface area contributed by atoms with Crippen molar-refractivity contribution in [1.29, 1.82) is 0 Å². The molecule has 4 rings (SSSR count). The van der Waals surface area contributed by atoms with Gasteiger partial charge in [-0.1, -0.05) is 17.7 Å². The van der Waals surface area contributed by atoms with Crippen molar-refractivity contribution in [1.82, 2.24) is 30.0 Å². The SMILES string of the molecule is Cc1ccc(S(=O)(=O)Cn2nnnc2[C@H](C)N2CCN(C(=O)c3ccco3)CC2)cc1. The summed E-state index contributed by atoms with van der Waals surface area (Å²) in [5.74, 6) is 0.333. The van der Waals surface area contributed by atoms with E-state index in [1.165, 1.54) is 10.9 Å². The standard InChI is InChI=1S/C20H24N6O4S/c1-15-5-7-17(8-6-15)31(28,29)14-26-19(21-22-23-26)16(2)24-9-11-25(12-10-24)20(27)18-4-3-13-30-18/h3-8,13,16H,9-12,14H2,1-2H3/t16-/m0/s1. The number of tetrazole rings is 1. The molecule has 11 heteroatoms. The Kier molecular flexibility index (Phi) is 5.88. The molecule has 0 spiro atoms. The van der Waals surface area contributed by atoms with Crippen LogP contribution in [0.5, 0.6) is 0 Å². The minimum Gasteiger partial charge on any atom is -0.459 e. The number of rotatable bonds is 6. The number of furan rings is 1. The number of carbonyl (C=O) groups excluding carboxylic acids is 1. The van der Waals surface area contributed by atoms with Crippen LogP contribution >= 0.6 is 0 Å². The van der Waals surface area contributed by atoms with Crippen LogP contribution in [0.15, 0.2) is 52.0 Å². The predicted octanol–water partition coefficient (Wildman–Crippen LogP) is 1.52. The van der Waals surface area contributed by atoms with Crippen LogP contribution in [-0.4, -0.2) is 70.5 Å². The van der Waals surface area contributed by atoms with E-state index >= 15 is 0 Å². The first kappa shape index (κ1) is 21.2. The number of benzene rings is 1. The first-order valence-electron chi connectivity index (χ1n) is 9.97. The minimum atomic E-state index is -3.59. The summed E-state index contributed by atoms with van der Waals surface area (Å²) in [6.45, 7) is 6.14. The van der Waals surface area contributed by atoms with Crippen LogP contribution in [0.1, 0.15) is 34.9 Å². The monoisotopic (exact) mass is 444 g/mol. The zero-order chi connectivity index (χ0) is 22.0.